The summed E-state index contributed by atoms with van der Waals surface area (Å²) in [6.07, 6.45) is 1.23. The smallest absolute Gasteiger partial charge is 0.273 e. The first kappa shape index (κ1) is 20.7. The Labute approximate surface area is 171 Å². The van der Waals surface area contributed by atoms with E-state index >= 15 is 0 Å². The van der Waals surface area contributed by atoms with Crippen molar-refractivity contribution >= 4 is 27.3 Å². The highest BCUT2D eigenvalue weighted by Gasteiger charge is 2.23. The number of aromatic nitrogens is 1. The summed E-state index contributed by atoms with van der Waals surface area (Å²) < 4.78 is 33.1. The number of nitro groups is 1. The minimum atomic E-state index is -4.07. The van der Waals surface area contributed by atoms with E-state index in [4.69, 9.17) is 10.5 Å². The predicted octanol–water partition coefficient (Wildman–Crippen LogP) is 2.99. The van der Waals surface area contributed by atoms with Crippen LogP contribution in [0.4, 0.5) is 11.4 Å². The van der Waals surface area contributed by atoms with E-state index in [1.165, 1.54) is 55.6 Å². The van der Waals surface area contributed by atoms with E-state index in [1.807, 2.05) is 0 Å². The Balaban J connectivity index is 1.79. The van der Waals surface area contributed by atoms with Gasteiger partial charge in [0, 0.05) is 23.3 Å². The molecule has 30 heavy (non-hydrogen) atoms. The van der Waals surface area contributed by atoms with E-state index < -0.39 is 20.9 Å². The first-order chi connectivity index (χ1) is 14.2. The van der Waals surface area contributed by atoms with Gasteiger partial charge in [0.2, 0.25) is 11.8 Å². The van der Waals surface area contributed by atoms with Gasteiger partial charge in [0.25, 0.3) is 15.7 Å². The first-order valence-corrected chi connectivity index (χ1v) is 9.96. The van der Waals surface area contributed by atoms with E-state index in [9.17, 15) is 23.3 Å². The van der Waals surface area contributed by atoms with Crippen LogP contribution in [0.2, 0.25) is 0 Å². The number of nitrogens with one attached hydrogen (secondary N) is 1. The topological polar surface area (TPSA) is 155 Å². The van der Waals surface area contributed by atoms with E-state index in [0.29, 0.717) is 5.75 Å². The van der Waals surface area contributed by atoms with E-state index in [2.05, 4.69) is 9.71 Å². The number of primary amides is 1. The Kier molecular flexibility index (Phi) is 5.65. The lowest BCUT2D eigenvalue weighted by atomic mass is 10.2. The molecule has 11 heteroatoms. The fourth-order valence-electron chi connectivity index (χ4n) is 2.64. The van der Waals surface area contributed by atoms with Crippen molar-refractivity contribution in [1.29, 1.82) is 0 Å². The highest BCUT2D eigenvalue weighted by atomic mass is 32.2. The third-order valence-corrected chi connectivity index (χ3v) is 5.60. The second kappa shape index (κ2) is 8.17. The number of benzene rings is 2. The number of ether oxygens (including phenoxy) is 1. The number of hydrogen-bond donors (Lipinski definition) is 2. The molecule has 0 spiro atoms. The van der Waals surface area contributed by atoms with Gasteiger partial charge in [0.05, 0.1) is 21.7 Å². The molecule has 0 radical (unpaired) electrons. The normalized spacial score (nSPS) is 11.0. The molecule has 1 heterocycles. The second-order valence-electron chi connectivity index (χ2n) is 6.14. The molecule has 0 saturated heterocycles. The summed E-state index contributed by atoms with van der Waals surface area (Å²) in [7, 11) is -4.07. The minimum absolute atomic E-state index is 0.0252. The monoisotopic (exact) mass is 428 g/mol. The summed E-state index contributed by atoms with van der Waals surface area (Å²) in [5, 5.41) is 11.0. The van der Waals surface area contributed by atoms with Crippen molar-refractivity contribution in [2.75, 3.05) is 4.72 Å². The Hall–Kier alpha value is -3.99. The zero-order valence-corrected chi connectivity index (χ0v) is 16.4. The van der Waals surface area contributed by atoms with Gasteiger partial charge in [-0.3, -0.25) is 19.6 Å². The number of amides is 1. The van der Waals surface area contributed by atoms with Crippen LogP contribution in [0.1, 0.15) is 15.9 Å². The van der Waals surface area contributed by atoms with Crippen LogP contribution in [-0.4, -0.2) is 24.2 Å². The number of nitro benzene ring substituents is 1. The maximum absolute atomic E-state index is 12.6. The summed E-state index contributed by atoms with van der Waals surface area (Å²) in [5.41, 5.74) is 5.36. The number of nitrogens with zero attached hydrogens (tertiary/aromatic N) is 2. The Morgan fingerprint density at radius 3 is 2.53 bits per heavy atom. The molecule has 2 aromatic carbocycles. The second-order valence-corrected chi connectivity index (χ2v) is 7.79. The van der Waals surface area contributed by atoms with Crippen molar-refractivity contribution in [3.05, 3.63) is 82.0 Å². The molecule has 3 N–H and O–H groups in total. The van der Waals surface area contributed by atoms with Crippen molar-refractivity contribution < 1.29 is 22.9 Å². The predicted molar refractivity (Wildman–Crippen MR) is 108 cm³/mol. The maximum atomic E-state index is 12.6. The van der Waals surface area contributed by atoms with Crippen molar-refractivity contribution in [2.24, 2.45) is 5.73 Å². The number of hydrogen-bond acceptors (Lipinski definition) is 7. The van der Waals surface area contributed by atoms with Crippen LogP contribution in [0.3, 0.4) is 0 Å². The summed E-state index contributed by atoms with van der Waals surface area (Å²) in [4.78, 5) is 25.4. The molecule has 3 rings (SSSR count). The molecule has 0 atom stereocenters. The third kappa shape index (κ3) is 4.52. The molecule has 1 aromatic heterocycles. The third-order valence-electron chi connectivity index (χ3n) is 4.07. The van der Waals surface area contributed by atoms with Crippen molar-refractivity contribution in [1.82, 2.24) is 4.98 Å². The van der Waals surface area contributed by atoms with E-state index in [0.717, 1.165) is 0 Å². The molecule has 0 bridgehead atoms. The fourth-order valence-corrected chi connectivity index (χ4v) is 3.94. The summed E-state index contributed by atoms with van der Waals surface area (Å²) in [5.74, 6) is -0.111. The van der Waals surface area contributed by atoms with Crippen molar-refractivity contribution in [3.8, 4) is 11.6 Å². The van der Waals surface area contributed by atoms with Crippen molar-refractivity contribution in [3.63, 3.8) is 0 Å². The highest BCUT2D eigenvalue weighted by Crippen LogP contribution is 2.27. The van der Waals surface area contributed by atoms with Crippen LogP contribution in [0, 0.1) is 17.0 Å². The molecule has 1 amide bonds. The van der Waals surface area contributed by atoms with Crippen LogP contribution in [0.15, 0.2) is 65.7 Å². The van der Waals surface area contributed by atoms with Gasteiger partial charge in [0.1, 0.15) is 5.75 Å². The summed E-state index contributed by atoms with van der Waals surface area (Å²) in [6.45, 7) is 1.36. The zero-order chi connectivity index (χ0) is 21.9. The first-order valence-electron chi connectivity index (χ1n) is 8.48. The van der Waals surface area contributed by atoms with Crippen molar-refractivity contribution in [2.45, 2.75) is 11.8 Å². The van der Waals surface area contributed by atoms with Gasteiger partial charge in [-0.1, -0.05) is 12.1 Å². The van der Waals surface area contributed by atoms with Crippen LogP contribution >= 0.6 is 0 Å². The Morgan fingerprint density at radius 2 is 1.90 bits per heavy atom. The van der Waals surface area contributed by atoms with Gasteiger partial charge >= 0.3 is 0 Å². The van der Waals surface area contributed by atoms with Gasteiger partial charge in [0.15, 0.2) is 0 Å². The number of anilines is 1. The SMILES string of the molecule is Cc1c([N+](=O)[O-])cccc1S(=O)(=O)Nc1ccc(Oc2cccc(C(N)=O)c2)nc1. The van der Waals surface area contributed by atoms with E-state index in [-0.39, 0.29) is 33.3 Å². The zero-order valence-electron chi connectivity index (χ0n) is 15.6. The number of rotatable bonds is 7. The molecule has 0 unspecified atom stereocenters. The Morgan fingerprint density at radius 1 is 1.17 bits per heavy atom. The van der Waals surface area contributed by atoms with Gasteiger partial charge in [-0.15, -0.1) is 0 Å². The van der Waals surface area contributed by atoms with Gasteiger partial charge in [-0.05, 0) is 37.3 Å². The molecule has 0 aliphatic carbocycles. The molecule has 10 nitrogen and oxygen atoms in total. The van der Waals surface area contributed by atoms with Gasteiger partial charge in [-0.25, -0.2) is 13.4 Å². The van der Waals surface area contributed by atoms with Gasteiger partial charge < -0.3 is 10.5 Å². The summed E-state index contributed by atoms with van der Waals surface area (Å²) in [6, 6.07) is 12.8. The number of carbonyl (C=O) groups is 1. The molecular weight excluding hydrogens is 412 g/mol. The molecule has 0 aliphatic heterocycles. The van der Waals surface area contributed by atoms with Crippen LogP contribution in [-0.2, 0) is 10.0 Å². The fraction of sp³-hybridized carbons (Fsp3) is 0.0526. The Bertz CT molecular complexity index is 1230. The van der Waals surface area contributed by atoms with Crippen LogP contribution < -0.4 is 15.2 Å². The lowest BCUT2D eigenvalue weighted by molar-refractivity contribution is -0.385. The lowest BCUT2D eigenvalue weighted by Crippen LogP contribution is -2.15. The molecule has 3 aromatic rings. The van der Waals surface area contributed by atoms with Crippen LogP contribution in [0.5, 0.6) is 11.6 Å². The average Bonchev–Trinajstić information content (AvgIpc) is 2.69. The standard InChI is InChI=1S/C19H16N4O6S/c1-12-16(23(25)26)6-3-7-17(12)30(27,28)22-14-8-9-18(21-11-14)29-15-5-2-4-13(10-15)19(20)24/h2-11,22H,1H3,(H2,20,24). The maximum Gasteiger partial charge on any atom is 0.273 e. The lowest BCUT2D eigenvalue weighted by Gasteiger charge is -2.11. The number of sulfonamides is 1. The average molecular weight is 428 g/mol. The minimum Gasteiger partial charge on any atom is -0.439 e. The number of carbonyl (C=O) groups excluding carboxylic acids is 1. The molecule has 154 valence electrons. The summed E-state index contributed by atoms with van der Waals surface area (Å²) >= 11 is 0. The van der Waals surface area contributed by atoms with Gasteiger partial charge in [-0.2, -0.15) is 0 Å². The molecule has 0 saturated carbocycles. The molecular formula is C19H16N4O6S. The van der Waals surface area contributed by atoms with E-state index in [1.54, 1.807) is 12.1 Å². The van der Waals surface area contributed by atoms with Crippen LogP contribution in [0.25, 0.3) is 0 Å². The number of pyridine rings is 1. The number of nitrogens with two attached hydrogens (primary N) is 1. The molecule has 0 fully saturated rings. The molecule has 0 aliphatic rings. The quantitative estimate of drug-likeness (QED) is 0.433. The highest BCUT2D eigenvalue weighted by molar-refractivity contribution is 7.92. The largest absolute Gasteiger partial charge is 0.439 e.